The van der Waals surface area contributed by atoms with Crippen molar-refractivity contribution in [2.45, 2.75) is 6.92 Å². The molecular weight excluding hydrogens is 468 g/mol. The standard InChI is InChI=1S/C25H28N4O3S2/c1-18-24(19-8-10-21(32-2)11-9-19)27-25(34-18)26-22(30)16-33-17-23(31)29-14-12-28(13-15-29)20-6-4-3-5-7-20/h3-11H,12-17H2,1-2H3,(H,26,27,30). The molecule has 3 aromatic rings. The van der Waals surface area contributed by atoms with Crippen LogP contribution in [0.3, 0.4) is 0 Å². The van der Waals surface area contributed by atoms with Gasteiger partial charge in [0.2, 0.25) is 11.8 Å². The molecule has 9 heteroatoms. The molecule has 0 bridgehead atoms. The van der Waals surface area contributed by atoms with Crippen LogP contribution in [0.4, 0.5) is 10.8 Å². The minimum Gasteiger partial charge on any atom is -0.497 e. The minimum atomic E-state index is -0.151. The SMILES string of the molecule is COc1ccc(-c2nc(NC(=O)CSCC(=O)N3CCN(c4ccccc4)CC3)sc2C)cc1. The molecule has 1 aliphatic heterocycles. The summed E-state index contributed by atoms with van der Waals surface area (Å²) in [5.74, 6) is 1.23. The van der Waals surface area contributed by atoms with Crippen molar-refractivity contribution in [1.29, 1.82) is 0 Å². The highest BCUT2D eigenvalue weighted by Crippen LogP contribution is 2.31. The molecule has 0 aliphatic carbocycles. The van der Waals surface area contributed by atoms with Gasteiger partial charge in [-0.25, -0.2) is 4.98 Å². The molecule has 4 rings (SSSR count). The first-order chi connectivity index (χ1) is 16.5. The number of thioether (sulfide) groups is 1. The van der Waals surface area contributed by atoms with E-state index in [2.05, 4.69) is 27.3 Å². The van der Waals surface area contributed by atoms with Gasteiger partial charge in [-0.05, 0) is 43.3 Å². The maximum absolute atomic E-state index is 12.6. The van der Waals surface area contributed by atoms with E-state index in [1.165, 1.54) is 28.8 Å². The summed E-state index contributed by atoms with van der Waals surface area (Å²) in [6, 6.07) is 17.9. The number of amides is 2. The quantitative estimate of drug-likeness (QED) is 0.505. The maximum atomic E-state index is 12.6. The predicted molar refractivity (Wildman–Crippen MR) is 140 cm³/mol. The Hall–Kier alpha value is -3.04. The molecular formula is C25H28N4O3S2. The highest BCUT2D eigenvalue weighted by atomic mass is 32.2. The zero-order valence-electron chi connectivity index (χ0n) is 19.3. The van der Waals surface area contributed by atoms with Gasteiger partial charge in [0.05, 0.1) is 24.3 Å². The molecule has 1 aromatic heterocycles. The van der Waals surface area contributed by atoms with E-state index in [4.69, 9.17) is 4.74 Å². The third-order valence-corrected chi connectivity index (χ3v) is 7.42. The molecule has 0 saturated carbocycles. The van der Waals surface area contributed by atoms with E-state index in [1.54, 1.807) is 7.11 Å². The summed E-state index contributed by atoms with van der Waals surface area (Å²) >= 11 is 2.78. The molecule has 34 heavy (non-hydrogen) atoms. The third kappa shape index (κ3) is 6.09. The molecule has 1 saturated heterocycles. The van der Waals surface area contributed by atoms with E-state index in [-0.39, 0.29) is 17.6 Å². The van der Waals surface area contributed by atoms with E-state index in [9.17, 15) is 9.59 Å². The van der Waals surface area contributed by atoms with Gasteiger partial charge in [0.25, 0.3) is 0 Å². The lowest BCUT2D eigenvalue weighted by molar-refractivity contribution is -0.128. The van der Waals surface area contributed by atoms with Gasteiger partial charge in [0, 0.05) is 42.3 Å². The van der Waals surface area contributed by atoms with Crippen LogP contribution in [-0.2, 0) is 9.59 Å². The number of aromatic nitrogens is 1. The zero-order chi connectivity index (χ0) is 23.9. The Kier molecular flexibility index (Phi) is 8.08. The smallest absolute Gasteiger partial charge is 0.236 e. The van der Waals surface area contributed by atoms with Crippen LogP contribution >= 0.6 is 23.1 Å². The van der Waals surface area contributed by atoms with Gasteiger partial charge in [-0.2, -0.15) is 0 Å². The Labute approximate surface area is 208 Å². The van der Waals surface area contributed by atoms with Crippen molar-refractivity contribution in [2.75, 3.05) is 55.0 Å². The first-order valence-corrected chi connectivity index (χ1v) is 13.1. The first-order valence-electron chi connectivity index (χ1n) is 11.1. The molecule has 0 atom stereocenters. The molecule has 2 amide bonds. The lowest BCUT2D eigenvalue weighted by Gasteiger charge is -2.36. The molecule has 0 radical (unpaired) electrons. The van der Waals surface area contributed by atoms with Crippen molar-refractivity contribution in [3.8, 4) is 17.0 Å². The molecule has 7 nitrogen and oxygen atoms in total. The van der Waals surface area contributed by atoms with Crippen molar-refractivity contribution >= 4 is 45.7 Å². The van der Waals surface area contributed by atoms with E-state index >= 15 is 0 Å². The van der Waals surface area contributed by atoms with E-state index in [0.29, 0.717) is 24.0 Å². The molecule has 2 aromatic carbocycles. The third-order valence-electron chi connectivity index (χ3n) is 5.62. The van der Waals surface area contributed by atoms with Gasteiger partial charge in [-0.15, -0.1) is 23.1 Å². The van der Waals surface area contributed by atoms with Crippen molar-refractivity contribution < 1.29 is 14.3 Å². The van der Waals surface area contributed by atoms with Gasteiger partial charge in [-0.3, -0.25) is 9.59 Å². The molecule has 2 heterocycles. The van der Waals surface area contributed by atoms with Crippen molar-refractivity contribution in [3.05, 3.63) is 59.5 Å². The van der Waals surface area contributed by atoms with E-state index in [1.807, 2.05) is 54.3 Å². The summed E-state index contributed by atoms with van der Waals surface area (Å²) in [5, 5.41) is 3.43. The first kappa shape index (κ1) is 24.1. The number of hydrogen-bond acceptors (Lipinski definition) is 7. The summed E-state index contributed by atoms with van der Waals surface area (Å²) in [6.45, 7) is 5.03. The average molecular weight is 497 g/mol. The Bertz CT molecular complexity index is 1110. The number of rotatable bonds is 8. The van der Waals surface area contributed by atoms with Gasteiger partial charge >= 0.3 is 0 Å². The van der Waals surface area contributed by atoms with Crippen LogP contribution in [0.1, 0.15) is 4.88 Å². The molecule has 178 valence electrons. The van der Waals surface area contributed by atoms with Gasteiger partial charge in [0.15, 0.2) is 5.13 Å². The Morgan fingerprint density at radius 3 is 2.41 bits per heavy atom. The average Bonchev–Trinajstić information content (AvgIpc) is 3.24. The van der Waals surface area contributed by atoms with Gasteiger partial charge < -0.3 is 19.9 Å². The molecule has 0 unspecified atom stereocenters. The number of methoxy groups -OCH3 is 1. The summed E-state index contributed by atoms with van der Waals surface area (Å²) in [7, 11) is 1.63. The van der Waals surface area contributed by atoms with Crippen LogP contribution in [0, 0.1) is 6.92 Å². The molecule has 1 fully saturated rings. The monoisotopic (exact) mass is 496 g/mol. The second kappa shape index (κ2) is 11.4. The second-order valence-electron chi connectivity index (χ2n) is 7.90. The minimum absolute atomic E-state index is 0.0809. The van der Waals surface area contributed by atoms with Crippen LogP contribution < -0.4 is 15.0 Å². The number of carbonyl (C=O) groups excluding carboxylic acids is 2. The lowest BCUT2D eigenvalue weighted by atomic mass is 10.1. The predicted octanol–water partition coefficient (Wildman–Crippen LogP) is 4.15. The summed E-state index contributed by atoms with van der Waals surface area (Å²) in [6.07, 6.45) is 0. The number of anilines is 2. The zero-order valence-corrected chi connectivity index (χ0v) is 21.0. The summed E-state index contributed by atoms with van der Waals surface area (Å²) in [5.41, 5.74) is 3.01. The fourth-order valence-corrected chi connectivity index (χ4v) is 5.37. The van der Waals surface area contributed by atoms with E-state index < -0.39 is 0 Å². The Balaban J connectivity index is 1.21. The number of nitrogens with one attached hydrogen (secondary N) is 1. The topological polar surface area (TPSA) is 74.8 Å². The number of aryl methyl sites for hydroxylation is 1. The van der Waals surface area contributed by atoms with Gasteiger partial charge in [-0.1, -0.05) is 18.2 Å². The summed E-state index contributed by atoms with van der Waals surface area (Å²) in [4.78, 5) is 34.7. The van der Waals surface area contributed by atoms with E-state index in [0.717, 1.165) is 35.0 Å². The highest BCUT2D eigenvalue weighted by molar-refractivity contribution is 8.00. The van der Waals surface area contributed by atoms with Crippen LogP contribution in [0.15, 0.2) is 54.6 Å². The molecule has 1 N–H and O–H groups in total. The molecule has 0 spiro atoms. The van der Waals surface area contributed by atoms with Crippen LogP contribution in [0.5, 0.6) is 5.75 Å². The Morgan fingerprint density at radius 2 is 1.74 bits per heavy atom. The van der Waals surface area contributed by atoms with Gasteiger partial charge in [0.1, 0.15) is 5.75 Å². The maximum Gasteiger partial charge on any atom is 0.236 e. The number of thiazole rings is 1. The van der Waals surface area contributed by atoms with Crippen molar-refractivity contribution in [1.82, 2.24) is 9.88 Å². The van der Waals surface area contributed by atoms with Crippen LogP contribution in [0.2, 0.25) is 0 Å². The summed E-state index contributed by atoms with van der Waals surface area (Å²) < 4.78 is 5.20. The second-order valence-corrected chi connectivity index (χ2v) is 10.1. The molecule has 1 aliphatic rings. The van der Waals surface area contributed by atoms with Crippen molar-refractivity contribution in [3.63, 3.8) is 0 Å². The largest absolute Gasteiger partial charge is 0.497 e. The number of ether oxygens (including phenoxy) is 1. The fourth-order valence-electron chi connectivity index (χ4n) is 3.80. The number of carbonyl (C=O) groups is 2. The Morgan fingerprint density at radius 1 is 1.03 bits per heavy atom. The highest BCUT2D eigenvalue weighted by Gasteiger charge is 2.21. The normalized spacial score (nSPS) is 13.6. The number of hydrogen-bond donors (Lipinski definition) is 1. The number of para-hydroxylation sites is 1. The number of benzene rings is 2. The fraction of sp³-hybridized carbons (Fsp3) is 0.320. The van der Waals surface area contributed by atoms with Crippen LogP contribution in [-0.4, -0.2) is 66.5 Å². The number of piperazine rings is 1. The lowest BCUT2D eigenvalue weighted by Crippen LogP contribution is -2.49. The van der Waals surface area contributed by atoms with Crippen LogP contribution in [0.25, 0.3) is 11.3 Å². The number of nitrogens with zero attached hydrogens (tertiary/aromatic N) is 3. The van der Waals surface area contributed by atoms with Crippen molar-refractivity contribution in [2.24, 2.45) is 0 Å².